The maximum atomic E-state index is 11.6. The molecule has 0 spiro atoms. The van der Waals surface area contributed by atoms with Gasteiger partial charge in [-0.05, 0) is 38.8 Å². The lowest BCUT2D eigenvalue weighted by Crippen LogP contribution is -2.32. The second-order valence-electron chi connectivity index (χ2n) is 4.42. The number of halogens is 1. The van der Waals surface area contributed by atoms with Crippen molar-refractivity contribution in [2.75, 3.05) is 19.6 Å². The highest BCUT2D eigenvalue weighted by molar-refractivity contribution is 5.85. The van der Waals surface area contributed by atoms with E-state index in [0.717, 1.165) is 25.8 Å². The van der Waals surface area contributed by atoms with Crippen molar-refractivity contribution < 1.29 is 4.79 Å². The highest BCUT2D eigenvalue weighted by Crippen LogP contribution is 2.22. The number of carbonyl (C=O) groups is 1. The van der Waals surface area contributed by atoms with Crippen LogP contribution in [0.5, 0.6) is 0 Å². The summed E-state index contributed by atoms with van der Waals surface area (Å²) < 4.78 is 0. The molecule has 0 aromatic rings. The number of carbonyl (C=O) groups excluding carboxylic acids is 1. The predicted octanol–water partition coefficient (Wildman–Crippen LogP) is 2.26. The Morgan fingerprint density at radius 1 is 1.14 bits per heavy atom. The zero-order chi connectivity index (χ0) is 9.10. The van der Waals surface area contributed by atoms with E-state index in [1.807, 2.05) is 0 Å². The van der Waals surface area contributed by atoms with Crippen LogP contribution in [0.4, 0.5) is 0 Å². The second-order valence-corrected chi connectivity index (χ2v) is 4.42. The molecule has 2 fully saturated rings. The molecule has 0 aromatic heterocycles. The highest BCUT2D eigenvalue weighted by Gasteiger charge is 2.25. The Balaban J connectivity index is 0.000000980. The van der Waals surface area contributed by atoms with Gasteiger partial charge in [0.15, 0.2) is 0 Å². The van der Waals surface area contributed by atoms with Crippen molar-refractivity contribution in [2.45, 2.75) is 38.5 Å². The van der Waals surface area contributed by atoms with E-state index < -0.39 is 0 Å². The minimum Gasteiger partial charge on any atom is -0.303 e. The molecule has 0 amide bonds. The number of Topliss-reactive ketones (excluding diaryl/α,β-unsaturated/α-hetero) is 1. The fourth-order valence-corrected chi connectivity index (χ4v) is 2.53. The van der Waals surface area contributed by atoms with Gasteiger partial charge in [0, 0.05) is 18.9 Å². The third kappa shape index (κ3) is 2.96. The molecule has 82 valence electrons. The van der Waals surface area contributed by atoms with Crippen molar-refractivity contribution in [1.82, 2.24) is 4.90 Å². The van der Waals surface area contributed by atoms with Gasteiger partial charge < -0.3 is 4.90 Å². The maximum Gasteiger partial charge on any atom is 0.137 e. The van der Waals surface area contributed by atoms with E-state index in [0.29, 0.717) is 11.7 Å². The van der Waals surface area contributed by atoms with Gasteiger partial charge in [-0.3, -0.25) is 4.79 Å². The highest BCUT2D eigenvalue weighted by atomic mass is 35.5. The van der Waals surface area contributed by atoms with Crippen LogP contribution >= 0.6 is 12.4 Å². The zero-order valence-electron chi connectivity index (χ0n) is 8.71. The van der Waals surface area contributed by atoms with Crippen LogP contribution in [-0.2, 0) is 4.79 Å². The van der Waals surface area contributed by atoms with Gasteiger partial charge in [-0.25, -0.2) is 0 Å². The summed E-state index contributed by atoms with van der Waals surface area (Å²) in [5.74, 6) is 0.907. The third-order valence-electron chi connectivity index (χ3n) is 3.36. The first-order valence-electron chi connectivity index (χ1n) is 5.61. The Bertz CT molecular complexity index is 190. The molecule has 1 aliphatic carbocycles. The average Bonchev–Trinajstić information content (AvgIpc) is 2.61. The van der Waals surface area contributed by atoms with Crippen LogP contribution in [0.3, 0.4) is 0 Å². The predicted molar refractivity (Wildman–Crippen MR) is 59.9 cm³/mol. The Kier molecular flexibility index (Phi) is 4.90. The van der Waals surface area contributed by atoms with E-state index >= 15 is 0 Å². The van der Waals surface area contributed by atoms with Crippen LogP contribution in [-0.4, -0.2) is 30.3 Å². The molecule has 2 rings (SSSR count). The van der Waals surface area contributed by atoms with Gasteiger partial charge in [-0.2, -0.15) is 0 Å². The number of nitrogens with zero attached hydrogens (tertiary/aromatic N) is 1. The van der Waals surface area contributed by atoms with Crippen molar-refractivity contribution >= 4 is 18.2 Å². The molecule has 1 atom stereocenters. The summed E-state index contributed by atoms with van der Waals surface area (Å²) in [4.78, 5) is 14.0. The largest absolute Gasteiger partial charge is 0.303 e. The van der Waals surface area contributed by atoms with Crippen molar-refractivity contribution in [3.63, 3.8) is 0 Å². The lowest BCUT2D eigenvalue weighted by Gasteiger charge is -2.25. The number of likely N-dealkylation sites (tertiary alicyclic amines) is 1. The molecule has 0 radical (unpaired) electrons. The monoisotopic (exact) mass is 217 g/mol. The summed E-state index contributed by atoms with van der Waals surface area (Å²) >= 11 is 0. The first-order valence-corrected chi connectivity index (χ1v) is 5.61. The average molecular weight is 218 g/mol. The van der Waals surface area contributed by atoms with E-state index in [1.165, 1.54) is 32.4 Å². The molecule has 1 aliphatic heterocycles. The molecule has 2 nitrogen and oxygen atoms in total. The molecular formula is C11H20ClNO. The quantitative estimate of drug-likeness (QED) is 0.708. The molecule has 2 aliphatic rings. The van der Waals surface area contributed by atoms with E-state index in [-0.39, 0.29) is 12.4 Å². The van der Waals surface area contributed by atoms with Crippen molar-refractivity contribution in [3.8, 4) is 0 Å². The van der Waals surface area contributed by atoms with Crippen LogP contribution in [0.1, 0.15) is 38.5 Å². The first-order chi connectivity index (χ1) is 6.36. The van der Waals surface area contributed by atoms with E-state index in [4.69, 9.17) is 0 Å². The second kappa shape index (κ2) is 5.72. The third-order valence-corrected chi connectivity index (χ3v) is 3.36. The van der Waals surface area contributed by atoms with Gasteiger partial charge in [0.25, 0.3) is 0 Å². The molecule has 1 unspecified atom stereocenters. The number of hydrogen-bond donors (Lipinski definition) is 0. The molecule has 0 aromatic carbocycles. The Morgan fingerprint density at radius 2 is 1.86 bits per heavy atom. The minimum atomic E-state index is 0. The molecule has 3 heteroatoms. The summed E-state index contributed by atoms with van der Waals surface area (Å²) in [5.41, 5.74) is 0. The molecular weight excluding hydrogens is 198 g/mol. The molecule has 0 N–H and O–H groups in total. The van der Waals surface area contributed by atoms with Gasteiger partial charge >= 0.3 is 0 Å². The summed E-state index contributed by atoms with van der Waals surface area (Å²) in [6.07, 6.45) is 7.06. The van der Waals surface area contributed by atoms with Gasteiger partial charge in [-0.15, -0.1) is 12.4 Å². The SMILES string of the molecule is Cl.O=C1CCCCC1CN1CCCC1. The van der Waals surface area contributed by atoms with Crippen LogP contribution in [0.2, 0.25) is 0 Å². The van der Waals surface area contributed by atoms with Crippen molar-refractivity contribution in [3.05, 3.63) is 0 Å². The Morgan fingerprint density at radius 3 is 2.50 bits per heavy atom. The topological polar surface area (TPSA) is 20.3 Å². The normalized spacial score (nSPS) is 28.9. The summed E-state index contributed by atoms with van der Waals surface area (Å²) in [7, 11) is 0. The molecule has 14 heavy (non-hydrogen) atoms. The van der Waals surface area contributed by atoms with Gasteiger partial charge in [0.2, 0.25) is 0 Å². The van der Waals surface area contributed by atoms with Crippen molar-refractivity contribution in [2.24, 2.45) is 5.92 Å². The Labute approximate surface area is 92.5 Å². The van der Waals surface area contributed by atoms with Gasteiger partial charge in [-0.1, -0.05) is 6.42 Å². The van der Waals surface area contributed by atoms with Crippen LogP contribution in [0.25, 0.3) is 0 Å². The molecule has 1 saturated heterocycles. The summed E-state index contributed by atoms with van der Waals surface area (Å²) in [6, 6.07) is 0. The van der Waals surface area contributed by atoms with Gasteiger partial charge in [0.1, 0.15) is 5.78 Å². The fourth-order valence-electron chi connectivity index (χ4n) is 2.53. The van der Waals surface area contributed by atoms with Crippen molar-refractivity contribution in [1.29, 1.82) is 0 Å². The van der Waals surface area contributed by atoms with Crippen LogP contribution in [0.15, 0.2) is 0 Å². The fraction of sp³-hybridized carbons (Fsp3) is 0.909. The Hall–Kier alpha value is -0.0800. The lowest BCUT2D eigenvalue weighted by molar-refractivity contribution is -0.125. The molecule has 0 bridgehead atoms. The van der Waals surface area contributed by atoms with Crippen LogP contribution < -0.4 is 0 Å². The summed E-state index contributed by atoms with van der Waals surface area (Å²) in [5, 5.41) is 0. The molecule has 1 heterocycles. The first kappa shape index (κ1) is 12.0. The zero-order valence-corrected chi connectivity index (χ0v) is 9.52. The van der Waals surface area contributed by atoms with E-state index in [2.05, 4.69) is 4.90 Å². The number of ketones is 1. The van der Waals surface area contributed by atoms with E-state index in [9.17, 15) is 4.79 Å². The minimum absolute atomic E-state index is 0. The number of rotatable bonds is 2. The number of hydrogen-bond acceptors (Lipinski definition) is 2. The lowest BCUT2D eigenvalue weighted by atomic mass is 9.88. The van der Waals surface area contributed by atoms with E-state index in [1.54, 1.807) is 0 Å². The molecule has 1 saturated carbocycles. The van der Waals surface area contributed by atoms with Crippen LogP contribution in [0, 0.1) is 5.92 Å². The smallest absolute Gasteiger partial charge is 0.137 e. The standard InChI is InChI=1S/C11H19NO.ClH/c13-11-6-2-1-5-10(11)9-12-7-3-4-8-12;/h10H,1-9H2;1H. The maximum absolute atomic E-state index is 11.6. The van der Waals surface area contributed by atoms with Gasteiger partial charge in [0.05, 0.1) is 0 Å². The summed E-state index contributed by atoms with van der Waals surface area (Å²) in [6.45, 7) is 3.51.